The first-order chi connectivity index (χ1) is 9.33. The quantitative estimate of drug-likeness (QED) is 0.858. The molecule has 0 amide bonds. The van der Waals surface area contributed by atoms with Crippen LogP contribution in [0.3, 0.4) is 0 Å². The molecular formula is C13H16FN5. The zero-order valence-corrected chi connectivity index (χ0v) is 10.6. The summed E-state index contributed by atoms with van der Waals surface area (Å²) in [5, 5.41) is 10.5. The Balaban J connectivity index is 1.80. The molecule has 3 rings (SSSR count). The van der Waals surface area contributed by atoms with Crippen LogP contribution in [0.2, 0.25) is 0 Å². The van der Waals surface area contributed by atoms with Gasteiger partial charge in [0.05, 0.1) is 0 Å². The maximum atomic E-state index is 12.9. The van der Waals surface area contributed by atoms with Crippen LogP contribution >= 0.6 is 0 Å². The van der Waals surface area contributed by atoms with E-state index in [4.69, 9.17) is 0 Å². The number of benzene rings is 1. The molecule has 6 heteroatoms. The molecule has 0 atom stereocenters. The summed E-state index contributed by atoms with van der Waals surface area (Å²) < 4.78 is 12.9. The second kappa shape index (κ2) is 5.36. The van der Waals surface area contributed by atoms with Crippen LogP contribution in [0.15, 0.2) is 24.3 Å². The Morgan fingerprint density at radius 3 is 2.79 bits per heavy atom. The van der Waals surface area contributed by atoms with E-state index in [1.165, 1.54) is 12.1 Å². The van der Waals surface area contributed by atoms with Gasteiger partial charge in [0.15, 0.2) is 5.82 Å². The van der Waals surface area contributed by atoms with Crippen LogP contribution < -0.4 is 10.2 Å². The summed E-state index contributed by atoms with van der Waals surface area (Å²) in [6, 6.07) is 6.24. The van der Waals surface area contributed by atoms with Gasteiger partial charge in [-0.05, 0) is 37.2 Å². The fourth-order valence-electron chi connectivity index (χ4n) is 2.18. The number of rotatable bonds is 2. The molecular weight excluding hydrogens is 245 g/mol. The molecule has 1 aliphatic rings. The van der Waals surface area contributed by atoms with Gasteiger partial charge in [0.1, 0.15) is 5.82 Å². The number of halogens is 1. The number of aromatic amines is 1. The average molecular weight is 261 g/mol. The van der Waals surface area contributed by atoms with Gasteiger partial charge in [-0.1, -0.05) is 0 Å². The van der Waals surface area contributed by atoms with Crippen LogP contribution in [-0.2, 0) is 0 Å². The smallest absolute Gasteiger partial charge is 0.245 e. The van der Waals surface area contributed by atoms with Gasteiger partial charge in [0, 0.05) is 25.2 Å². The number of hydrogen-bond donors (Lipinski definition) is 2. The molecule has 2 N–H and O–H groups in total. The van der Waals surface area contributed by atoms with E-state index in [-0.39, 0.29) is 5.82 Å². The van der Waals surface area contributed by atoms with Gasteiger partial charge >= 0.3 is 0 Å². The lowest BCUT2D eigenvalue weighted by Gasteiger charge is -2.16. The minimum Gasteiger partial charge on any atom is -0.338 e. The molecule has 0 unspecified atom stereocenters. The normalized spacial score (nSPS) is 16.4. The molecule has 1 aromatic carbocycles. The predicted molar refractivity (Wildman–Crippen MR) is 71.5 cm³/mol. The van der Waals surface area contributed by atoms with Crippen LogP contribution in [0, 0.1) is 5.82 Å². The third-order valence-electron chi connectivity index (χ3n) is 3.21. The van der Waals surface area contributed by atoms with Crippen molar-refractivity contribution in [1.29, 1.82) is 0 Å². The van der Waals surface area contributed by atoms with Crippen molar-refractivity contribution in [3.8, 4) is 11.4 Å². The van der Waals surface area contributed by atoms with Crippen LogP contribution in [0.5, 0.6) is 0 Å². The van der Waals surface area contributed by atoms with E-state index in [9.17, 15) is 4.39 Å². The summed E-state index contributed by atoms with van der Waals surface area (Å²) >= 11 is 0. The van der Waals surface area contributed by atoms with Crippen molar-refractivity contribution in [2.24, 2.45) is 0 Å². The minimum atomic E-state index is -0.248. The predicted octanol–water partition coefficient (Wildman–Crippen LogP) is 1.41. The van der Waals surface area contributed by atoms with Crippen molar-refractivity contribution in [3.63, 3.8) is 0 Å². The average Bonchev–Trinajstić information content (AvgIpc) is 2.76. The van der Waals surface area contributed by atoms with Gasteiger partial charge in [-0.2, -0.15) is 4.98 Å². The fraction of sp³-hybridized carbons (Fsp3) is 0.385. The second-order valence-electron chi connectivity index (χ2n) is 4.58. The zero-order chi connectivity index (χ0) is 13.1. The highest BCUT2D eigenvalue weighted by Crippen LogP contribution is 2.18. The summed E-state index contributed by atoms with van der Waals surface area (Å²) in [5.74, 6) is 1.14. The largest absolute Gasteiger partial charge is 0.338 e. The number of hydrogen-bond acceptors (Lipinski definition) is 4. The highest BCUT2D eigenvalue weighted by atomic mass is 19.1. The molecule has 0 radical (unpaired) electrons. The van der Waals surface area contributed by atoms with Crippen LogP contribution in [0.1, 0.15) is 6.42 Å². The third kappa shape index (κ3) is 2.73. The first-order valence-electron chi connectivity index (χ1n) is 6.47. The van der Waals surface area contributed by atoms with E-state index in [1.807, 2.05) is 0 Å². The molecule has 2 heterocycles. The first-order valence-corrected chi connectivity index (χ1v) is 6.47. The molecule has 1 aromatic heterocycles. The molecule has 0 spiro atoms. The lowest BCUT2D eigenvalue weighted by atomic mass is 10.2. The van der Waals surface area contributed by atoms with Crippen molar-refractivity contribution in [1.82, 2.24) is 20.5 Å². The molecule has 1 aliphatic heterocycles. The highest BCUT2D eigenvalue weighted by molar-refractivity contribution is 5.56. The van der Waals surface area contributed by atoms with Gasteiger partial charge in [0.2, 0.25) is 5.95 Å². The van der Waals surface area contributed by atoms with E-state index in [2.05, 4.69) is 25.4 Å². The van der Waals surface area contributed by atoms with Crippen LogP contribution in [-0.4, -0.2) is 41.4 Å². The Labute approximate surface area is 110 Å². The molecule has 0 bridgehead atoms. The SMILES string of the molecule is Fc1ccc(-c2nc(N3CCCNCC3)n[nH]2)cc1. The van der Waals surface area contributed by atoms with Crippen molar-refractivity contribution in [3.05, 3.63) is 30.1 Å². The van der Waals surface area contributed by atoms with Crippen LogP contribution in [0.25, 0.3) is 11.4 Å². The minimum absolute atomic E-state index is 0.248. The number of nitrogens with one attached hydrogen (secondary N) is 2. The Bertz CT molecular complexity index is 528. The van der Waals surface area contributed by atoms with Gasteiger partial charge in [-0.15, -0.1) is 5.10 Å². The fourth-order valence-corrected chi connectivity index (χ4v) is 2.18. The van der Waals surface area contributed by atoms with E-state index in [0.29, 0.717) is 11.8 Å². The molecule has 1 fully saturated rings. The summed E-state index contributed by atoms with van der Waals surface area (Å²) in [6.45, 7) is 3.83. The molecule has 19 heavy (non-hydrogen) atoms. The molecule has 1 saturated heterocycles. The van der Waals surface area contributed by atoms with Gasteiger partial charge in [0.25, 0.3) is 0 Å². The van der Waals surface area contributed by atoms with Crippen molar-refractivity contribution >= 4 is 5.95 Å². The molecule has 0 aliphatic carbocycles. The van der Waals surface area contributed by atoms with Gasteiger partial charge in [-0.3, -0.25) is 5.10 Å². The summed E-state index contributed by atoms with van der Waals surface area (Å²) in [7, 11) is 0. The lowest BCUT2D eigenvalue weighted by molar-refractivity contribution is 0.628. The number of anilines is 1. The lowest BCUT2D eigenvalue weighted by Crippen LogP contribution is -2.28. The zero-order valence-electron chi connectivity index (χ0n) is 10.6. The number of H-pyrrole nitrogens is 1. The first kappa shape index (κ1) is 12.1. The van der Waals surface area contributed by atoms with Gasteiger partial charge < -0.3 is 10.2 Å². The standard InChI is InChI=1S/C13H16FN5/c14-11-4-2-10(3-5-11)12-16-13(18-17-12)19-8-1-6-15-7-9-19/h2-5,15H,1,6-9H2,(H,16,17,18). The van der Waals surface area contributed by atoms with E-state index in [0.717, 1.165) is 38.2 Å². The number of nitrogens with zero attached hydrogens (tertiary/aromatic N) is 3. The van der Waals surface area contributed by atoms with Gasteiger partial charge in [-0.25, -0.2) is 4.39 Å². The topological polar surface area (TPSA) is 56.8 Å². The molecule has 100 valence electrons. The summed E-state index contributed by atoms with van der Waals surface area (Å²) in [6.07, 6.45) is 1.08. The second-order valence-corrected chi connectivity index (χ2v) is 4.58. The van der Waals surface area contributed by atoms with Crippen LogP contribution in [0.4, 0.5) is 10.3 Å². The van der Waals surface area contributed by atoms with E-state index < -0.39 is 0 Å². The maximum Gasteiger partial charge on any atom is 0.245 e. The van der Waals surface area contributed by atoms with Crippen molar-refractivity contribution in [2.75, 3.05) is 31.1 Å². The van der Waals surface area contributed by atoms with E-state index >= 15 is 0 Å². The number of aromatic nitrogens is 3. The Morgan fingerprint density at radius 2 is 1.95 bits per heavy atom. The Morgan fingerprint density at radius 1 is 1.11 bits per heavy atom. The highest BCUT2D eigenvalue weighted by Gasteiger charge is 2.14. The van der Waals surface area contributed by atoms with E-state index in [1.54, 1.807) is 12.1 Å². The monoisotopic (exact) mass is 261 g/mol. The molecule has 5 nitrogen and oxygen atoms in total. The molecule has 0 saturated carbocycles. The third-order valence-corrected chi connectivity index (χ3v) is 3.21. The van der Waals surface area contributed by atoms with Crippen molar-refractivity contribution < 1.29 is 4.39 Å². The summed E-state index contributed by atoms with van der Waals surface area (Å²) in [4.78, 5) is 6.64. The Kier molecular flexibility index (Phi) is 3.41. The molecule has 2 aromatic rings. The van der Waals surface area contributed by atoms with Crippen molar-refractivity contribution in [2.45, 2.75) is 6.42 Å². The summed E-state index contributed by atoms with van der Waals surface area (Å²) in [5.41, 5.74) is 0.841. The Hall–Kier alpha value is -1.95. The maximum absolute atomic E-state index is 12.9.